The van der Waals surface area contributed by atoms with E-state index in [1.807, 2.05) is 19.3 Å². The zero-order valence-corrected chi connectivity index (χ0v) is 13.7. The molecule has 21 heavy (non-hydrogen) atoms. The van der Waals surface area contributed by atoms with Crippen molar-refractivity contribution >= 4 is 26.8 Å². The van der Waals surface area contributed by atoms with E-state index in [4.69, 9.17) is 0 Å². The lowest BCUT2D eigenvalue weighted by molar-refractivity contribution is 0.691. The van der Waals surface area contributed by atoms with Crippen molar-refractivity contribution in [2.24, 2.45) is 0 Å². The van der Waals surface area contributed by atoms with Crippen molar-refractivity contribution in [2.75, 3.05) is 7.05 Å². The summed E-state index contributed by atoms with van der Waals surface area (Å²) in [5.41, 5.74) is 4.80. The first kappa shape index (κ1) is 14.2. The fourth-order valence-corrected chi connectivity index (χ4v) is 3.28. The minimum absolute atomic E-state index is 0.136. The lowest BCUT2D eigenvalue weighted by Crippen LogP contribution is -2.19. The van der Waals surface area contributed by atoms with Gasteiger partial charge >= 0.3 is 0 Å². The van der Waals surface area contributed by atoms with Crippen molar-refractivity contribution in [3.05, 3.63) is 75.9 Å². The predicted octanol–water partition coefficient (Wildman–Crippen LogP) is 4.61. The minimum atomic E-state index is 0.136. The van der Waals surface area contributed by atoms with Gasteiger partial charge in [0.15, 0.2) is 0 Å². The normalized spacial score (nSPS) is 12.5. The highest BCUT2D eigenvalue weighted by Crippen LogP contribution is 2.30. The average Bonchev–Trinajstić information content (AvgIpc) is 2.50. The highest BCUT2D eigenvalue weighted by Gasteiger charge is 2.17. The number of benzene rings is 2. The summed E-state index contributed by atoms with van der Waals surface area (Å²) in [4.78, 5) is 4.57. The third-order valence-corrected chi connectivity index (χ3v) is 4.30. The molecular formula is C18H17BrN2. The largest absolute Gasteiger partial charge is 0.309 e. The van der Waals surface area contributed by atoms with Crippen molar-refractivity contribution in [2.45, 2.75) is 13.0 Å². The molecule has 0 aliphatic rings. The van der Waals surface area contributed by atoms with Gasteiger partial charge in [-0.15, -0.1) is 0 Å². The molecule has 3 aromatic rings. The zero-order chi connectivity index (χ0) is 14.8. The molecular weight excluding hydrogens is 324 g/mol. The maximum atomic E-state index is 4.57. The van der Waals surface area contributed by atoms with E-state index in [1.165, 1.54) is 22.1 Å². The van der Waals surface area contributed by atoms with Crippen LogP contribution in [0.3, 0.4) is 0 Å². The standard InChI is InChI=1S/C18H17BrN2/c1-12-11-14(19)8-9-15(12)18(20-2)16-7-3-5-13-6-4-10-21-17(13)16/h3-11,18,20H,1-2H3. The minimum Gasteiger partial charge on any atom is -0.309 e. The van der Waals surface area contributed by atoms with Gasteiger partial charge in [-0.05, 0) is 48.9 Å². The number of hydrogen-bond acceptors (Lipinski definition) is 2. The number of nitrogens with zero attached hydrogens (tertiary/aromatic N) is 1. The Bertz CT molecular complexity index is 778. The molecule has 1 aromatic heterocycles. The monoisotopic (exact) mass is 340 g/mol. The first-order chi connectivity index (χ1) is 10.2. The van der Waals surface area contributed by atoms with Gasteiger partial charge in [-0.1, -0.05) is 46.3 Å². The van der Waals surface area contributed by atoms with Crippen molar-refractivity contribution in [3.8, 4) is 0 Å². The van der Waals surface area contributed by atoms with Crippen LogP contribution in [0.1, 0.15) is 22.7 Å². The SMILES string of the molecule is CNC(c1ccc(Br)cc1C)c1cccc2cccnc12. The van der Waals surface area contributed by atoms with Crippen LogP contribution in [0.5, 0.6) is 0 Å². The molecule has 0 aliphatic carbocycles. The summed E-state index contributed by atoms with van der Waals surface area (Å²) in [6.07, 6.45) is 1.85. The molecule has 0 fully saturated rings. The Hall–Kier alpha value is -1.71. The van der Waals surface area contributed by atoms with E-state index in [1.54, 1.807) is 0 Å². The van der Waals surface area contributed by atoms with Crippen molar-refractivity contribution in [3.63, 3.8) is 0 Å². The number of aromatic nitrogens is 1. The quantitative estimate of drug-likeness (QED) is 0.752. The summed E-state index contributed by atoms with van der Waals surface area (Å²) in [6, 6.07) is 17.0. The molecule has 0 radical (unpaired) electrons. The molecule has 0 saturated carbocycles. The number of halogens is 1. The number of para-hydroxylation sites is 1. The zero-order valence-electron chi connectivity index (χ0n) is 12.1. The summed E-state index contributed by atoms with van der Waals surface area (Å²) < 4.78 is 1.11. The Balaban J connectivity index is 2.18. The number of aryl methyl sites for hydroxylation is 1. The summed E-state index contributed by atoms with van der Waals surface area (Å²) in [6.45, 7) is 2.14. The van der Waals surface area contributed by atoms with Crippen molar-refractivity contribution in [1.29, 1.82) is 0 Å². The van der Waals surface area contributed by atoms with E-state index < -0.39 is 0 Å². The van der Waals surface area contributed by atoms with Gasteiger partial charge in [-0.25, -0.2) is 0 Å². The molecule has 3 rings (SSSR count). The molecule has 3 heteroatoms. The van der Waals surface area contributed by atoms with E-state index in [0.717, 1.165) is 9.99 Å². The van der Waals surface area contributed by atoms with Crippen LogP contribution < -0.4 is 5.32 Å². The Morgan fingerprint density at radius 3 is 2.62 bits per heavy atom. The van der Waals surface area contributed by atoms with Gasteiger partial charge in [0, 0.05) is 16.1 Å². The first-order valence-corrected chi connectivity index (χ1v) is 7.77. The third-order valence-electron chi connectivity index (χ3n) is 3.81. The Kier molecular flexibility index (Phi) is 4.04. The van der Waals surface area contributed by atoms with Gasteiger partial charge in [0.05, 0.1) is 11.6 Å². The molecule has 1 N–H and O–H groups in total. The predicted molar refractivity (Wildman–Crippen MR) is 91.5 cm³/mol. The number of nitrogens with one attached hydrogen (secondary N) is 1. The number of fused-ring (bicyclic) bond motifs is 1. The van der Waals surface area contributed by atoms with Crippen LogP contribution >= 0.6 is 15.9 Å². The van der Waals surface area contributed by atoms with Gasteiger partial charge in [-0.2, -0.15) is 0 Å². The highest BCUT2D eigenvalue weighted by molar-refractivity contribution is 9.10. The van der Waals surface area contributed by atoms with Gasteiger partial charge in [0.1, 0.15) is 0 Å². The molecule has 0 saturated heterocycles. The molecule has 0 bridgehead atoms. The van der Waals surface area contributed by atoms with E-state index in [9.17, 15) is 0 Å². The molecule has 1 heterocycles. The van der Waals surface area contributed by atoms with E-state index >= 15 is 0 Å². The third kappa shape index (κ3) is 2.71. The van der Waals surface area contributed by atoms with Gasteiger partial charge in [-0.3, -0.25) is 4.98 Å². The highest BCUT2D eigenvalue weighted by atomic mass is 79.9. The molecule has 0 aliphatic heterocycles. The lowest BCUT2D eigenvalue weighted by Gasteiger charge is -2.21. The summed E-state index contributed by atoms with van der Waals surface area (Å²) in [5, 5.41) is 4.60. The smallest absolute Gasteiger partial charge is 0.0753 e. The van der Waals surface area contributed by atoms with Crippen molar-refractivity contribution < 1.29 is 0 Å². The summed E-state index contributed by atoms with van der Waals surface area (Å²) in [5.74, 6) is 0. The second-order valence-electron chi connectivity index (χ2n) is 5.14. The number of hydrogen-bond donors (Lipinski definition) is 1. The van der Waals surface area contributed by atoms with Crippen LogP contribution in [0.15, 0.2) is 59.2 Å². The Morgan fingerprint density at radius 2 is 1.86 bits per heavy atom. The molecule has 0 spiro atoms. The fourth-order valence-electron chi connectivity index (χ4n) is 2.80. The van der Waals surface area contributed by atoms with Gasteiger partial charge < -0.3 is 5.32 Å². The molecule has 2 aromatic carbocycles. The number of rotatable bonds is 3. The van der Waals surface area contributed by atoms with Crippen LogP contribution in [0, 0.1) is 6.92 Å². The maximum absolute atomic E-state index is 4.57. The second-order valence-corrected chi connectivity index (χ2v) is 6.06. The molecule has 0 amide bonds. The van der Waals surface area contributed by atoms with Crippen molar-refractivity contribution in [1.82, 2.24) is 10.3 Å². The second kappa shape index (κ2) is 5.96. The lowest BCUT2D eigenvalue weighted by atomic mass is 9.93. The van der Waals surface area contributed by atoms with Crippen LogP contribution in [-0.2, 0) is 0 Å². The molecule has 1 unspecified atom stereocenters. The molecule has 106 valence electrons. The van der Waals surface area contributed by atoms with Crippen LogP contribution in [0.25, 0.3) is 10.9 Å². The number of pyridine rings is 1. The average molecular weight is 341 g/mol. The van der Waals surface area contributed by atoms with E-state index in [2.05, 4.69) is 75.6 Å². The topological polar surface area (TPSA) is 24.9 Å². The summed E-state index contributed by atoms with van der Waals surface area (Å²) >= 11 is 3.53. The van der Waals surface area contributed by atoms with Crippen LogP contribution in [0.4, 0.5) is 0 Å². The van der Waals surface area contributed by atoms with E-state index in [-0.39, 0.29) is 6.04 Å². The van der Waals surface area contributed by atoms with Crippen LogP contribution in [0.2, 0.25) is 0 Å². The molecule has 2 nitrogen and oxygen atoms in total. The Labute approximate surface area is 133 Å². The van der Waals surface area contributed by atoms with E-state index in [0.29, 0.717) is 0 Å². The maximum Gasteiger partial charge on any atom is 0.0753 e. The first-order valence-electron chi connectivity index (χ1n) is 6.97. The van der Waals surface area contributed by atoms with Crippen LogP contribution in [-0.4, -0.2) is 12.0 Å². The molecule has 1 atom stereocenters. The fraction of sp³-hybridized carbons (Fsp3) is 0.167. The van der Waals surface area contributed by atoms with Gasteiger partial charge in [0.2, 0.25) is 0 Å². The van der Waals surface area contributed by atoms with Gasteiger partial charge in [0.25, 0.3) is 0 Å². The Morgan fingerprint density at radius 1 is 1.05 bits per heavy atom. The summed E-state index contributed by atoms with van der Waals surface area (Å²) in [7, 11) is 1.99.